The monoisotopic (exact) mass is 222 g/mol. The third-order valence-corrected chi connectivity index (χ3v) is 2.74. The van der Waals surface area contributed by atoms with E-state index in [1.54, 1.807) is 0 Å². The molecule has 3 heteroatoms. The van der Waals surface area contributed by atoms with Crippen molar-refractivity contribution in [2.75, 3.05) is 25.1 Å². The van der Waals surface area contributed by atoms with Crippen LogP contribution >= 0.6 is 0 Å². The van der Waals surface area contributed by atoms with Crippen LogP contribution in [0.2, 0.25) is 0 Å². The molecule has 1 aromatic carbocycles. The van der Waals surface area contributed by atoms with E-state index >= 15 is 0 Å². The molecule has 0 fully saturated rings. The second-order valence-electron chi connectivity index (χ2n) is 4.57. The van der Waals surface area contributed by atoms with Gasteiger partial charge in [0.1, 0.15) is 0 Å². The predicted molar refractivity (Wildman–Crippen MR) is 68.9 cm³/mol. The highest BCUT2D eigenvalue weighted by Crippen LogP contribution is 2.19. The number of likely N-dealkylation sites (N-methyl/N-ethyl adjacent to an activating group) is 1. The van der Waals surface area contributed by atoms with Gasteiger partial charge in [0, 0.05) is 25.3 Å². The number of hydrogen-bond acceptors (Lipinski definition) is 3. The van der Waals surface area contributed by atoms with Crippen LogP contribution in [0.4, 0.5) is 5.69 Å². The Morgan fingerprint density at radius 1 is 1.25 bits per heavy atom. The van der Waals surface area contributed by atoms with E-state index in [0.29, 0.717) is 12.5 Å². The molecule has 1 aromatic rings. The van der Waals surface area contributed by atoms with Gasteiger partial charge in [-0.25, -0.2) is 0 Å². The van der Waals surface area contributed by atoms with Crippen molar-refractivity contribution in [1.29, 1.82) is 0 Å². The first-order valence-corrected chi connectivity index (χ1v) is 5.72. The van der Waals surface area contributed by atoms with Crippen molar-refractivity contribution in [3.63, 3.8) is 0 Å². The fourth-order valence-electron chi connectivity index (χ4n) is 1.63. The summed E-state index contributed by atoms with van der Waals surface area (Å²) in [5, 5.41) is 8.90. The lowest BCUT2D eigenvalue weighted by Crippen LogP contribution is -2.37. The Labute approximate surface area is 97.9 Å². The average molecular weight is 222 g/mol. The largest absolute Gasteiger partial charge is 0.395 e. The molecule has 1 rings (SSSR count). The number of anilines is 1. The fourth-order valence-corrected chi connectivity index (χ4v) is 1.63. The zero-order valence-electron chi connectivity index (χ0n) is 10.4. The van der Waals surface area contributed by atoms with Crippen molar-refractivity contribution in [1.82, 2.24) is 0 Å². The lowest BCUT2D eigenvalue weighted by Gasteiger charge is -2.22. The molecule has 0 amide bonds. The SMILES string of the molecule is CC(C)c1ccc(N(C)CC(N)CO)cc1. The number of hydrogen-bond donors (Lipinski definition) is 2. The minimum absolute atomic E-state index is 0.0222. The molecule has 0 aromatic heterocycles. The van der Waals surface area contributed by atoms with Crippen LogP contribution in [0.25, 0.3) is 0 Å². The van der Waals surface area contributed by atoms with Crippen molar-refractivity contribution in [3.05, 3.63) is 29.8 Å². The van der Waals surface area contributed by atoms with E-state index in [1.807, 2.05) is 7.05 Å². The maximum atomic E-state index is 8.90. The average Bonchev–Trinajstić information content (AvgIpc) is 2.28. The highest BCUT2D eigenvalue weighted by molar-refractivity contribution is 5.47. The molecule has 0 aliphatic heterocycles. The molecule has 16 heavy (non-hydrogen) atoms. The van der Waals surface area contributed by atoms with Gasteiger partial charge in [-0.2, -0.15) is 0 Å². The van der Waals surface area contributed by atoms with Gasteiger partial charge < -0.3 is 15.7 Å². The molecule has 0 aliphatic rings. The van der Waals surface area contributed by atoms with Gasteiger partial charge in [-0.1, -0.05) is 26.0 Å². The minimum atomic E-state index is -0.185. The smallest absolute Gasteiger partial charge is 0.0599 e. The number of benzene rings is 1. The van der Waals surface area contributed by atoms with E-state index in [1.165, 1.54) is 5.56 Å². The Morgan fingerprint density at radius 3 is 2.25 bits per heavy atom. The molecule has 90 valence electrons. The quantitative estimate of drug-likeness (QED) is 0.795. The molecule has 3 nitrogen and oxygen atoms in total. The minimum Gasteiger partial charge on any atom is -0.395 e. The first kappa shape index (κ1) is 13.0. The van der Waals surface area contributed by atoms with Crippen molar-refractivity contribution in [2.24, 2.45) is 5.73 Å². The van der Waals surface area contributed by atoms with Crippen LogP contribution in [0.15, 0.2) is 24.3 Å². The third-order valence-electron chi connectivity index (χ3n) is 2.74. The van der Waals surface area contributed by atoms with Gasteiger partial charge in [-0.15, -0.1) is 0 Å². The Hall–Kier alpha value is -1.06. The topological polar surface area (TPSA) is 49.5 Å². The summed E-state index contributed by atoms with van der Waals surface area (Å²) in [5.41, 5.74) is 8.17. The summed E-state index contributed by atoms with van der Waals surface area (Å²) in [6, 6.07) is 8.29. The standard InChI is InChI=1S/C13H22N2O/c1-10(2)11-4-6-13(7-5-11)15(3)8-12(14)9-16/h4-7,10,12,16H,8-9,14H2,1-3H3. The molecule has 0 spiro atoms. The molecule has 3 N–H and O–H groups in total. The zero-order valence-corrected chi connectivity index (χ0v) is 10.4. The first-order valence-electron chi connectivity index (χ1n) is 5.72. The van der Waals surface area contributed by atoms with E-state index < -0.39 is 0 Å². The van der Waals surface area contributed by atoms with Crippen molar-refractivity contribution >= 4 is 5.69 Å². The summed E-state index contributed by atoms with van der Waals surface area (Å²) in [5.74, 6) is 0.555. The van der Waals surface area contributed by atoms with Crippen LogP contribution in [-0.4, -0.2) is 31.3 Å². The third kappa shape index (κ3) is 3.51. The summed E-state index contributed by atoms with van der Waals surface area (Å²) in [4.78, 5) is 2.06. The molecule has 0 aliphatic carbocycles. The summed E-state index contributed by atoms with van der Waals surface area (Å²) in [6.45, 7) is 5.05. The Morgan fingerprint density at radius 2 is 1.81 bits per heavy atom. The molecule has 0 saturated carbocycles. The number of rotatable bonds is 5. The number of aliphatic hydroxyl groups is 1. The molecule has 0 radical (unpaired) electrons. The lowest BCUT2D eigenvalue weighted by atomic mass is 10.0. The maximum absolute atomic E-state index is 8.90. The van der Waals surface area contributed by atoms with Crippen LogP contribution in [0.3, 0.4) is 0 Å². The number of nitrogens with zero attached hydrogens (tertiary/aromatic N) is 1. The molecular formula is C13H22N2O. The van der Waals surface area contributed by atoms with Gasteiger partial charge in [0.25, 0.3) is 0 Å². The molecular weight excluding hydrogens is 200 g/mol. The Kier molecular flexibility index (Phi) is 4.77. The highest BCUT2D eigenvalue weighted by Gasteiger charge is 2.07. The lowest BCUT2D eigenvalue weighted by molar-refractivity contribution is 0.267. The van der Waals surface area contributed by atoms with E-state index in [-0.39, 0.29) is 12.6 Å². The van der Waals surface area contributed by atoms with Gasteiger partial charge >= 0.3 is 0 Å². The highest BCUT2D eigenvalue weighted by atomic mass is 16.3. The summed E-state index contributed by atoms with van der Waals surface area (Å²) < 4.78 is 0. The van der Waals surface area contributed by atoms with Crippen molar-refractivity contribution in [3.8, 4) is 0 Å². The molecule has 0 bridgehead atoms. The Bertz CT molecular complexity index is 308. The Balaban J connectivity index is 2.66. The van der Waals surface area contributed by atoms with Gasteiger partial charge in [-0.05, 0) is 23.6 Å². The summed E-state index contributed by atoms with van der Waals surface area (Å²) in [6.07, 6.45) is 0. The molecule has 1 unspecified atom stereocenters. The van der Waals surface area contributed by atoms with E-state index in [4.69, 9.17) is 10.8 Å². The molecule has 0 saturated heterocycles. The van der Waals surface area contributed by atoms with E-state index in [0.717, 1.165) is 5.69 Å². The van der Waals surface area contributed by atoms with Gasteiger partial charge in [-0.3, -0.25) is 0 Å². The second kappa shape index (κ2) is 5.87. The van der Waals surface area contributed by atoms with E-state index in [2.05, 4.69) is 43.0 Å². The van der Waals surface area contributed by atoms with Crippen LogP contribution in [0, 0.1) is 0 Å². The molecule has 0 heterocycles. The van der Waals surface area contributed by atoms with Gasteiger partial charge in [0.15, 0.2) is 0 Å². The number of aliphatic hydroxyl groups excluding tert-OH is 1. The summed E-state index contributed by atoms with van der Waals surface area (Å²) >= 11 is 0. The van der Waals surface area contributed by atoms with Gasteiger partial charge in [0.2, 0.25) is 0 Å². The van der Waals surface area contributed by atoms with Crippen LogP contribution < -0.4 is 10.6 Å². The van der Waals surface area contributed by atoms with E-state index in [9.17, 15) is 0 Å². The van der Waals surface area contributed by atoms with Crippen LogP contribution in [-0.2, 0) is 0 Å². The van der Waals surface area contributed by atoms with Gasteiger partial charge in [0.05, 0.1) is 6.61 Å². The van der Waals surface area contributed by atoms with Crippen molar-refractivity contribution < 1.29 is 5.11 Å². The van der Waals surface area contributed by atoms with Crippen molar-refractivity contribution in [2.45, 2.75) is 25.8 Å². The number of nitrogens with two attached hydrogens (primary N) is 1. The second-order valence-corrected chi connectivity index (χ2v) is 4.57. The maximum Gasteiger partial charge on any atom is 0.0599 e. The predicted octanol–water partition coefficient (Wildman–Crippen LogP) is 1.57. The normalized spacial score (nSPS) is 12.9. The van der Waals surface area contributed by atoms with Crippen LogP contribution in [0.5, 0.6) is 0 Å². The summed E-state index contributed by atoms with van der Waals surface area (Å²) in [7, 11) is 1.99. The first-order chi connectivity index (χ1) is 7.54. The zero-order chi connectivity index (χ0) is 12.1. The fraction of sp³-hybridized carbons (Fsp3) is 0.538. The van der Waals surface area contributed by atoms with Crippen LogP contribution in [0.1, 0.15) is 25.3 Å². The molecule has 1 atom stereocenters.